The Morgan fingerprint density at radius 2 is 2.15 bits per heavy atom. The molecule has 0 saturated heterocycles. The Bertz CT molecular complexity index is 696. The molecule has 0 aliphatic carbocycles. The number of hydrogen-bond donors (Lipinski definition) is 1. The predicted molar refractivity (Wildman–Crippen MR) is 85.1 cm³/mol. The minimum Gasteiger partial charge on any atom is -0.310 e. The van der Waals surface area contributed by atoms with Crippen LogP contribution in [0.3, 0.4) is 0 Å². The SMILES string of the molecule is CC(C)NCc1cnn(Cc2csc3ccccc23)c1. The molecule has 4 heteroatoms. The van der Waals surface area contributed by atoms with Crippen LogP contribution >= 0.6 is 11.3 Å². The fraction of sp³-hybridized carbons (Fsp3) is 0.312. The third-order valence-electron chi connectivity index (χ3n) is 3.29. The van der Waals surface area contributed by atoms with Crippen LogP contribution in [0.25, 0.3) is 10.1 Å². The van der Waals surface area contributed by atoms with Crippen molar-refractivity contribution in [3.8, 4) is 0 Å². The average Bonchev–Trinajstić information content (AvgIpc) is 3.05. The van der Waals surface area contributed by atoms with Crippen LogP contribution in [0, 0.1) is 0 Å². The second kappa shape index (κ2) is 5.77. The quantitative estimate of drug-likeness (QED) is 0.775. The summed E-state index contributed by atoms with van der Waals surface area (Å²) in [5.41, 5.74) is 2.58. The van der Waals surface area contributed by atoms with E-state index < -0.39 is 0 Å². The fourth-order valence-corrected chi connectivity index (χ4v) is 3.19. The molecule has 1 aromatic carbocycles. The largest absolute Gasteiger partial charge is 0.310 e. The number of hydrogen-bond acceptors (Lipinski definition) is 3. The van der Waals surface area contributed by atoms with Crippen molar-refractivity contribution in [1.82, 2.24) is 15.1 Å². The molecular formula is C16H19N3S. The van der Waals surface area contributed by atoms with Gasteiger partial charge in [-0.2, -0.15) is 5.10 Å². The molecule has 0 amide bonds. The Balaban J connectivity index is 1.74. The standard InChI is InChI=1S/C16H19N3S/c1-12(2)17-7-13-8-18-19(9-13)10-14-11-20-16-6-4-3-5-15(14)16/h3-6,8-9,11-12,17H,7,10H2,1-2H3. The maximum Gasteiger partial charge on any atom is 0.0673 e. The minimum atomic E-state index is 0.499. The van der Waals surface area contributed by atoms with E-state index in [-0.39, 0.29) is 0 Å². The van der Waals surface area contributed by atoms with Gasteiger partial charge in [0.1, 0.15) is 0 Å². The molecule has 20 heavy (non-hydrogen) atoms. The molecule has 0 aliphatic rings. The lowest BCUT2D eigenvalue weighted by atomic mass is 10.2. The smallest absolute Gasteiger partial charge is 0.0673 e. The normalized spacial score (nSPS) is 11.6. The van der Waals surface area contributed by atoms with Gasteiger partial charge in [-0.1, -0.05) is 32.0 Å². The molecule has 0 fully saturated rings. The summed E-state index contributed by atoms with van der Waals surface area (Å²) in [7, 11) is 0. The first-order valence-electron chi connectivity index (χ1n) is 6.92. The second-order valence-corrected chi connectivity index (χ2v) is 6.25. The van der Waals surface area contributed by atoms with E-state index in [1.807, 2.05) is 10.9 Å². The lowest BCUT2D eigenvalue weighted by molar-refractivity contribution is 0.588. The number of nitrogens with zero attached hydrogens (tertiary/aromatic N) is 2. The van der Waals surface area contributed by atoms with Gasteiger partial charge in [-0.05, 0) is 22.4 Å². The van der Waals surface area contributed by atoms with Gasteiger partial charge in [0.15, 0.2) is 0 Å². The molecule has 3 nitrogen and oxygen atoms in total. The van der Waals surface area contributed by atoms with Gasteiger partial charge in [0, 0.05) is 29.0 Å². The molecule has 0 aliphatic heterocycles. The van der Waals surface area contributed by atoms with E-state index in [1.165, 1.54) is 21.2 Å². The van der Waals surface area contributed by atoms with Crippen LogP contribution in [0.2, 0.25) is 0 Å². The molecule has 0 radical (unpaired) electrons. The zero-order valence-electron chi connectivity index (χ0n) is 11.8. The van der Waals surface area contributed by atoms with Crippen LogP contribution in [0.15, 0.2) is 42.0 Å². The summed E-state index contributed by atoms with van der Waals surface area (Å²) in [6, 6.07) is 9.04. The third-order valence-corrected chi connectivity index (χ3v) is 4.31. The summed E-state index contributed by atoms with van der Waals surface area (Å²) >= 11 is 1.80. The number of thiophene rings is 1. The molecule has 0 bridgehead atoms. The van der Waals surface area contributed by atoms with E-state index in [0.717, 1.165) is 13.1 Å². The van der Waals surface area contributed by atoms with Crippen molar-refractivity contribution in [2.75, 3.05) is 0 Å². The van der Waals surface area contributed by atoms with Crippen LogP contribution in [0.4, 0.5) is 0 Å². The second-order valence-electron chi connectivity index (χ2n) is 5.34. The van der Waals surface area contributed by atoms with Gasteiger partial charge in [0.2, 0.25) is 0 Å². The zero-order chi connectivity index (χ0) is 13.9. The van der Waals surface area contributed by atoms with Crippen LogP contribution in [0.1, 0.15) is 25.0 Å². The summed E-state index contributed by atoms with van der Waals surface area (Å²) in [5.74, 6) is 0. The molecule has 0 spiro atoms. The summed E-state index contributed by atoms with van der Waals surface area (Å²) in [6.07, 6.45) is 4.08. The monoisotopic (exact) mass is 285 g/mol. The highest BCUT2D eigenvalue weighted by Crippen LogP contribution is 2.26. The predicted octanol–water partition coefficient (Wildman–Crippen LogP) is 3.64. The van der Waals surface area contributed by atoms with E-state index in [9.17, 15) is 0 Å². The van der Waals surface area contributed by atoms with Crippen molar-refractivity contribution in [3.05, 3.63) is 53.2 Å². The zero-order valence-corrected chi connectivity index (χ0v) is 12.7. The Kier molecular flexibility index (Phi) is 3.85. The van der Waals surface area contributed by atoms with Crippen molar-refractivity contribution in [1.29, 1.82) is 0 Å². The van der Waals surface area contributed by atoms with Crippen molar-refractivity contribution in [3.63, 3.8) is 0 Å². The Morgan fingerprint density at radius 3 is 3.00 bits per heavy atom. The average molecular weight is 285 g/mol. The number of rotatable bonds is 5. The maximum atomic E-state index is 4.46. The molecule has 3 aromatic rings. The summed E-state index contributed by atoms with van der Waals surface area (Å²) in [4.78, 5) is 0. The molecule has 0 atom stereocenters. The van der Waals surface area contributed by atoms with Gasteiger partial charge in [-0.15, -0.1) is 11.3 Å². The first-order valence-corrected chi connectivity index (χ1v) is 7.80. The van der Waals surface area contributed by atoms with Crippen molar-refractivity contribution >= 4 is 21.4 Å². The lowest BCUT2D eigenvalue weighted by Crippen LogP contribution is -2.21. The van der Waals surface area contributed by atoms with Gasteiger partial charge < -0.3 is 5.32 Å². The number of aromatic nitrogens is 2. The minimum absolute atomic E-state index is 0.499. The van der Waals surface area contributed by atoms with Crippen molar-refractivity contribution < 1.29 is 0 Å². The topological polar surface area (TPSA) is 29.9 Å². The number of fused-ring (bicyclic) bond motifs is 1. The highest BCUT2D eigenvalue weighted by Gasteiger charge is 2.05. The van der Waals surface area contributed by atoms with Crippen molar-refractivity contribution in [2.24, 2.45) is 0 Å². The van der Waals surface area contributed by atoms with Gasteiger partial charge >= 0.3 is 0 Å². The van der Waals surface area contributed by atoms with E-state index in [0.29, 0.717) is 6.04 Å². The molecular weight excluding hydrogens is 266 g/mol. The first kappa shape index (κ1) is 13.3. The van der Waals surface area contributed by atoms with Gasteiger partial charge in [0.05, 0.1) is 12.7 Å². The maximum absolute atomic E-state index is 4.46. The molecule has 3 rings (SSSR count). The van der Waals surface area contributed by atoms with Crippen LogP contribution < -0.4 is 5.32 Å². The molecule has 1 N–H and O–H groups in total. The fourth-order valence-electron chi connectivity index (χ4n) is 2.24. The molecule has 0 unspecified atom stereocenters. The van der Waals surface area contributed by atoms with Gasteiger partial charge in [0.25, 0.3) is 0 Å². The molecule has 0 saturated carbocycles. The number of nitrogens with one attached hydrogen (secondary N) is 1. The Hall–Kier alpha value is -1.65. The van der Waals surface area contributed by atoms with E-state index in [2.05, 4.69) is 60.1 Å². The van der Waals surface area contributed by atoms with Gasteiger partial charge in [-0.3, -0.25) is 4.68 Å². The summed E-state index contributed by atoms with van der Waals surface area (Å²) < 4.78 is 3.36. The Labute approximate surface area is 123 Å². The van der Waals surface area contributed by atoms with E-state index in [4.69, 9.17) is 0 Å². The number of benzene rings is 1. The Morgan fingerprint density at radius 1 is 1.30 bits per heavy atom. The lowest BCUT2D eigenvalue weighted by Gasteiger charge is -2.05. The van der Waals surface area contributed by atoms with Crippen LogP contribution in [-0.2, 0) is 13.1 Å². The van der Waals surface area contributed by atoms with Crippen LogP contribution in [-0.4, -0.2) is 15.8 Å². The molecule has 2 aromatic heterocycles. The van der Waals surface area contributed by atoms with E-state index >= 15 is 0 Å². The van der Waals surface area contributed by atoms with Crippen LogP contribution in [0.5, 0.6) is 0 Å². The summed E-state index contributed by atoms with van der Waals surface area (Å²) in [5, 5.41) is 11.4. The van der Waals surface area contributed by atoms with Gasteiger partial charge in [-0.25, -0.2) is 0 Å². The third kappa shape index (κ3) is 2.92. The highest BCUT2D eigenvalue weighted by atomic mass is 32.1. The molecule has 104 valence electrons. The van der Waals surface area contributed by atoms with Crippen molar-refractivity contribution in [2.45, 2.75) is 33.0 Å². The molecule has 2 heterocycles. The summed E-state index contributed by atoms with van der Waals surface area (Å²) in [6.45, 7) is 6.03. The van der Waals surface area contributed by atoms with E-state index in [1.54, 1.807) is 11.3 Å². The first-order chi connectivity index (χ1) is 9.72. The highest BCUT2D eigenvalue weighted by molar-refractivity contribution is 7.17.